The monoisotopic (exact) mass is 318 g/mol. The summed E-state index contributed by atoms with van der Waals surface area (Å²) in [7, 11) is 0. The van der Waals surface area contributed by atoms with Gasteiger partial charge in [-0.1, -0.05) is 0 Å². The lowest BCUT2D eigenvalue weighted by Gasteiger charge is -2.25. The third-order valence-corrected chi connectivity index (χ3v) is 3.97. The number of pyridine rings is 1. The lowest BCUT2D eigenvalue weighted by atomic mass is 10.1. The number of carbonyl (C=O) groups excluding carboxylic acids is 1. The summed E-state index contributed by atoms with van der Waals surface area (Å²) in [6.07, 6.45) is 5.34. The second-order valence-electron chi connectivity index (χ2n) is 5.52. The Kier molecular flexibility index (Phi) is 4.76. The van der Waals surface area contributed by atoms with Gasteiger partial charge in [0.2, 0.25) is 0 Å². The molecule has 1 saturated heterocycles. The number of nitrogens with zero attached hydrogens (tertiary/aromatic N) is 3. The van der Waals surface area contributed by atoms with Gasteiger partial charge in [0, 0.05) is 25.4 Å². The maximum atomic E-state index is 12.3. The van der Waals surface area contributed by atoms with Crippen molar-refractivity contribution in [2.45, 2.75) is 39.3 Å². The highest BCUT2D eigenvalue weighted by molar-refractivity contribution is 6.04. The molecule has 1 atom stereocenters. The van der Waals surface area contributed by atoms with Crippen LogP contribution in [0.1, 0.15) is 37.0 Å². The van der Waals surface area contributed by atoms with E-state index in [4.69, 9.17) is 9.47 Å². The van der Waals surface area contributed by atoms with Crippen molar-refractivity contribution in [3.63, 3.8) is 0 Å². The Morgan fingerprint density at radius 2 is 2.35 bits per heavy atom. The van der Waals surface area contributed by atoms with Crippen LogP contribution in [0.4, 0.5) is 5.69 Å². The number of anilines is 1. The normalized spacial score (nSPS) is 18.1. The smallest absolute Gasteiger partial charge is 0.341 e. The zero-order valence-electron chi connectivity index (χ0n) is 13.5. The highest BCUT2D eigenvalue weighted by atomic mass is 16.5. The molecular weight excluding hydrogens is 296 g/mol. The fraction of sp³-hybridized carbons (Fsp3) is 0.562. The maximum absolute atomic E-state index is 12.3. The van der Waals surface area contributed by atoms with Gasteiger partial charge in [-0.3, -0.25) is 0 Å². The van der Waals surface area contributed by atoms with E-state index in [2.05, 4.69) is 15.4 Å². The molecule has 3 rings (SSSR count). The van der Waals surface area contributed by atoms with Gasteiger partial charge in [-0.2, -0.15) is 5.10 Å². The molecule has 1 N–H and O–H groups in total. The van der Waals surface area contributed by atoms with E-state index in [1.54, 1.807) is 19.3 Å². The van der Waals surface area contributed by atoms with Crippen LogP contribution in [0.5, 0.6) is 0 Å². The zero-order valence-corrected chi connectivity index (χ0v) is 13.5. The number of hydrogen-bond donors (Lipinski definition) is 1. The minimum absolute atomic E-state index is 0.174. The first-order valence-corrected chi connectivity index (χ1v) is 8.10. The first-order valence-electron chi connectivity index (χ1n) is 8.10. The summed E-state index contributed by atoms with van der Waals surface area (Å²) in [6, 6.07) is 0.174. The Labute approximate surface area is 135 Å². The molecule has 0 spiro atoms. The van der Waals surface area contributed by atoms with Crippen molar-refractivity contribution < 1.29 is 14.3 Å². The summed E-state index contributed by atoms with van der Waals surface area (Å²) in [5.74, 6) is -0.370. The zero-order chi connectivity index (χ0) is 16.2. The van der Waals surface area contributed by atoms with Gasteiger partial charge in [0.1, 0.15) is 5.56 Å². The average Bonchev–Trinajstić information content (AvgIpc) is 3.00. The van der Waals surface area contributed by atoms with E-state index in [-0.39, 0.29) is 12.0 Å². The van der Waals surface area contributed by atoms with E-state index < -0.39 is 0 Å². The molecule has 1 fully saturated rings. The number of aryl methyl sites for hydroxylation is 1. The lowest BCUT2D eigenvalue weighted by molar-refractivity contribution is 0.0526. The quantitative estimate of drug-likeness (QED) is 0.852. The Hall–Kier alpha value is -2.15. The maximum Gasteiger partial charge on any atom is 0.341 e. The van der Waals surface area contributed by atoms with Crippen LogP contribution >= 0.6 is 0 Å². The Morgan fingerprint density at radius 3 is 3.04 bits per heavy atom. The largest absolute Gasteiger partial charge is 0.462 e. The topological polar surface area (TPSA) is 78.3 Å². The molecule has 1 unspecified atom stereocenters. The van der Waals surface area contributed by atoms with Crippen LogP contribution in [-0.2, 0) is 16.0 Å². The minimum Gasteiger partial charge on any atom is -0.462 e. The summed E-state index contributed by atoms with van der Waals surface area (Å²) in [5.41, 5.74) is 1.95. The minimum atomic E-state index is -0.370. The third-order valence-electron chi connectivity index (χ3n) is 3.97. The average molecular weight is 318 g/mol. The second kappa shape index (κ2) is 6.95. The number of hydrogen-bond acceptors (Lipinski definition) is 6. The molecule has 1 aliphatic heterocycles. The molecule has 0 aliphatic carbocycles. The molecule has 7 heteroatoms. The van der Waals surface area contributed by atoms with Crippen molar-refractivity contribution in [1.29, 1.82) is 0 Å². The van der Waals surface area contributed by atoms with Crippen LogP contribution in [0.15, 0.2) is 12.4 Å². The molecule has 7 nitrogen and oxygen atoms in total. The summed E-state index contributed by atoms with van der Waals surface area (Å²) < 4.78 is 12.5. The Bertz CT molecular complexity index is 692. The van der Waals surface area contributed by atoms with Crippen molar-refractivity contribution in [2.75, 3.05) is 25.1 Å². The van der Waals surface area contributed by atoms with Crippen LogP contribution in [-0.4, -0.2) is 46.6 Å². The van der Waals surface area contributed by atoms with Gasteiger partial charge in [0.05, 0.1) is 30.5 Å². The van der Waals surface area contributed by atoms with Gasteiger partial charge in [-0.05, 0) is 26.7 Å². The van der Waals surface area contributed by atoms with Gasteiger partial charge < -0.3 is 14.8 Å². The van der Waals surface area contributed by atoms with E-state index in [1.165, 1.54) is 0 Å². The van der Waals surface area contributed by atoms with Gasteiger partial charge in [-0.15, -0.1) is 0 Å². The molecule has 0 aromatic carbocycles. The lowest BCUT2D eigenvalue weighted by Crippen LogP contribution is -2.31. The van der Waals surface area contributed by atoms with Crippen molar-refractivity contribution in [3.8, 4) is 0 Å². The molecule has 3 heterocycles. The molecule has 0 radical (unpaired) electrons. The van der Waals surface area contributed by atoms with E-state index >= 15 is 0 Å². The molecule has 2 aromatic rings. The fourth-order valence-corrected chi connectivity index (χ4v) is 2.84. The Balaban J connectivity index is 2.02. The standard InChI is InChI=1S/C16H22N4O3/c1-3-20-15-12(9-18-20)14(19-11-6-5-7-22-10-11)13(8-17-15)16(21)23-4-2/h8-9,11H,3-7,10H2,1-2H3,(H,17,19). The van der Waals surface area contributed by atoms with E-state index in [0.29, 0.717) is 18.8 Å². The summed E-state index contributed by atoms with van der Waals surface area (Å²) in [6.45, 7) is 6.28. The molecular formula is C16H22N4O3. The highest BCUT2D eigenvalue weighted by Crippen LogP contribution is 2.28. The first-order chi connectivity index (χ1) is 11.2. The molecule has 23 heavy (non-hydrogen) atoms. The summed E-state index contributed by atoms with van der Waals surface area (Å²) in [4.78, 5) is 16.7. The number of carbonyl (C=O) groups is 1. The number of esters is 1. The van der Waals surface area contributed by atoms with Gasteiger partial charge in [-0.25, -0.2) is 14.5 Å². The van der Waals surface area contributed by atoms with Crippen LogP contribution in [0.3, 0.4) is 0 Å². The van der Waals surface area contributed by atoms with Crippen molar-refractivity contribution >= 4 is 22.7 Å². The van der Waals surface area contributed by atoms with Crippen molar-refractivity contribution in [2.24, 2.45) is 0 Å². The molecule has 124 valence electrons. The number of fused-ring (bicyclic) bond motifs is 1. The molecule has 0 saturated carbocycles. The summed E-state index contributed by atoms with van der Waals surface area (Å²) >= 11 is 0. The van der Waals surface area contributed by atoms with Crippen LogP contribution in [0.25, 0.3) is 11.0 Å². The molecule has 1 aliphatic rings. The van der Waals surface area contributed by atoms with Crippen LogP contribution in [0.2, 0.25) is 0 Å². The number of aromatic nitrogens is 3. The number of ether oxygens (including phenoxy) is 2. The highest BCUT2D eigenvalue weighted by Gasteiger charge is 2.22. The fourth-order valence-electron chi connectivity index (χ4n) is 2.84. The van der Waals surface area contributed by atoms with Gasteiger partial charge in [0.15, 0.2) is 5.65 Å². The second-order valence-corrected chi connectivity index (χ2v) is 5.52. The predicted octanol–water partition coefficient (Wildman–Crippen LogP) is 2.22. The van der Waals surface area contributed by atoms with Gasteiger partial charge >= 0.3 is 5.97 Å². The predicted molar refractivity (Wildman–Crippen MR) is 86.6 cm³/mol. The SMILES string of the molecule is CCOC(=O)c1cnc2c(cnn2CC)c1NC1CCCOC1. The number of rotatable bonds is 5. The van der Waals surface area contributed by atoms with E-state index in [9.17, 15) is 4.79 Å². The Morgan fingerprint density at radius 1 is 1.48 bits per heavy atom. The number of nitrogens with one attached hydrogen (secondary N) is 1. The van der Waals surface area contributed by atoms with Crippen molar-refractivity contribution in [1.82, 2.24) is 14.8 Å². The first kappa shape index (κ1) is 15.7. The van der Waals surface area contributed by atoms with Gasteiger partial charge in [0.25, 0.3) is 0 Å². The summed E-state index contributed by atoms with van der Waals surface area (Å²) in [5, 5.41) is 8.63. The van der Waals surface area contributed by atoms with Crippen LogP contribution < -0.4 is 5.32 Å². The van der Waals surface area contributed by atoms with E-state index in [1.807, 2.05) is 11.6 Å². The van der Waals surface area contributed by atoms with E-state index in [0.717, 1.165) is 42.7 Å². The van der Waals surface area contributed by atoms with Crippen LogP contribution in [0, 0.1) is 0 Å². The molecule has 2 aromatic heterocycles. The van der Waals surface area contributed by atoms with Crippen molar-refractivity contribution in [3.05, 3.63) is 18.0 Å². The third kappa shape index (κ3) is 3.14. The molecule has 0 bridgehead atoms. The molecule has 0 amide bonds.